The third kappa shape index (κ3) is 1.86. The SMILES string of the molecule is Cn1c2ccc(F)cc2c(=O)c2ccc(-c3nccs3)cc21. The van der Waals surface area contributed by atoms with Gasteiger partial charge >= 0.3 is 0 Å². The summed E-state index contributed by atoms with van der Waals surface area (Å²) in [4.78, 5) is 16.9. The van der Waals surface area contributed by atoms with Gasteiger partial charge < -0.3 is 4.57 Å². The zero-order chi connectivity index (χ0) is 15.3. The maximum absolute atomic E-state index is 13.4. The van der Waals surface area contributed by atoms with Gasteiger partial charge in [-0.25, -0.2) is 9.37 Å². The van der Waals surface area contributed by atoms with E-state index >= 15 is 0 Å². The molecule has 108 valence electrons. The van der Waals surface area contributed by atoms with Crippen LogP contribution in [-0.2, 0) is 7.05 Å². The minimum atomic E-state index is -0.400. The lowest BCUT2D eigenvalue weighted by atomic mass is 10.1. The Hall–Kier alpha value is -2.53. The molecule has 2 aromatic heterocycles. The largest absolute Gasteiger partial charge is 0.343 e. The van der Waals surface area contributed by atoms with Crippen LogP contribution in [-0.4, -0.2) is 9.55 Å². The molecule has 4 rings (SSSR count). The molecule has 4 aromatic rings. The van der Waals surface area contributed by atoms with Crippen LogP contribution in [0, 0.1) is 5.82 Å². The number of benzene rings is 2. The van der Waals surface area contributed by atoms with E-state index in [9.17, 15) is 9.18 Å². The van der Waals surface area contributed by atoms with Crippen molar-refractivity contribution in [2.24, 2.45) is 7.05 Å². The second-order valence-corrected chi connectivity index (χ2v) is 6.01. The number of hydrogen-bond acceptors (Lipinski definition) is 3. The Morgan fingerprint density at radius 1 is 1.09 bits per heavy atom. The molecule has 0 amide bonds. The molecule has 0 bridgehead atoms. The fourth-order valence-electron chi connectivity index (χ4n) is 2.76. The summed E-state index contributed by atoms with van der Waals surface area (Å²) in [6, 6.07) is 9.94. The van der Waals surface area contributed by atoms with Crippen molar-refractivity contribution in [3.8, 4) is 10.6 Å². The maximum atomic E-state index is 13.4. The Morgan fingerprint density at radius 3 is 2.73 bits per heavy atom. The van der Waals surface area contributed by atoms with E-state index in [4.69, 9.17) is 0 Å². The van der Waals surface area contributed by atoms with Gasteiger partial charge in [0.15, 0.2) is 5.43 Å². The average Bonchev–Trinajstić information content (AvgIpc) is 3.06. The van der Waals surface area contributed by atoms with Crippen LogP contribution in [0.3, 0.4) is 0 Å². The molecule has 0 atom stereocenters. The molecule has 0 fully saturated rings. The zero-order valence-electron chi connectivity index (χ0n) is 11.7. The van der Waals surface area contributed by atoms with E-state index in [-0.39, 0.29) is 5.43 Å². The summed E-state index contributed by atoms with van der Waals surface area (Å²) in [6.07, 6.45) is 1.76. The topological polar surface area (TPSA) is 34.9 Å². The molecule has 0 unspecified atom stereocenters. The van der Waals surface area contributed by atoms with Gasteiger partial charge in [0.1, 0.15) is 10.8 Å². The van der Waals surface area contributed by atoms with Gasteiger partial charge in [0.05, 0.1) is 11.0 Å². The lowest BCUT2D eigenvalue weighted by Gasteiger charge is -2.11. The summed E-state index contributed by atoms with van der Waals surface area (Å²) in [6.45, 7) is 0. The first kappa shape index (κ1) is 13.2. The third-order valence-electron chi connectivity index (χ3n) is 3.85. The molecule has 0 N–H and O–H groups in total. The van der Waals surface area contributed by atoms with Gasteiger partial charge in [-0.1, -0.05) is 6.07 Å². The Balaban J connectivity index is 2.13. The molecule has 3 nitrogen and oxygen atoms in total. The molecular weight excluding hydrogens is 299 g/mol. The van der Waals surface area contributed by atoms with Crippen LogP contribution in [0.2, 0.25) is 0 Å². The molecule has 2 aromatic carbocycles. The summed E-state index contributed by atoms with van der Waals surface area (Å²) in [5.74, 6) is -0.400. The second kappa shape index (κ2) is 4.74. The van der Waals surface area contributed by atoms with Gasteiger partial charge in [0, 0.05) is 35.0 Å². The van der Waals surface area contributed by atoms with Crippen molar-refractivity contribution in [3.63, 3.8) is 0 Å². The van der Waals surface area contributed by atoms with Crippen molar-refractivity contribution in [2.45, 2.75) is 0 Å². The molecule has 2 heterocycles. The van der Waals surface area contributed by atoms with Gasteiger partial charge in [-0.15, -0.1) is 11.3 Å². The number of halogens is 1. The molecular formula is C17H11FN2OS. The Kier molecular flexibility index (Phi) is 2.84. The highest BCUT2D eigenvalue weighted by Gasteiger charge is 2.11. The van der Waals surface area contributed by atoms with E-state index < -0.39 is 5.82 Å². The maximum Gasteiger partial charge on any atom is 0.197 e. The van der Waals surface area contributed by atoms with Crippen LogP contribution < -0.4 is 5.43 Å². The van der Waals surface area contributed by atoms with Crippen LogP contribution >= 0.6 is 11.3 Å². The summed E-state index contributed by atoms with van der Waals surface area (Å²) in [7, 11) is 1.88. The molecule has 0 saturated heterocycles. The zero-order valence-corrected chi connectivity index (χ0v) is 12.5. The summed E-state index contributed by atoms with van der Waals surface area (Å²) in [5, 5.41) is 3.81. The Labute approximate surface area is 129 Å². The predicted octanol–water partition coefficient (Wildman–Crippen LogP) is 3.95. The van der Waals surface area contributed by atoms with Gasteiger partial charge in [0.2, 0.25) is 0 Å². The number of rotatable bonds is 1. The van der Waals surface area contributed by atoms with Crippen LogP contribution in [0.1, 0.15) is 0 Å². The molecule has 0 saturated carbocycles. The number of thiazole rings is 1. The van der Waals surface area contributed by atoms with Crippen molar-refractivity contribution < 1.29 is 4.39 Å². The molecule has 0 aliphatic rings. The highest BCUT2D eigenvalue weighted by atomic mass is 32.1. The fourth-order valence-corrected chi connectivity index (χ4v) is 3.39. The van der Waals surface area contributed by atoms with E-state index in [1.165, 1.54) is 12.1 Å². The molecule has 0 aliphatic carbocycles. The molecule has 22 heavy (non-hydrogen) atoms. The van der Waals surface area contributed by atoms with E-state index in [2.05, 4.69) is 4.98 Å². The standard InChI is InChI=1S/C17H11FN2OS/c1-20-14-5-3-11(18)9-13(14)16(21)12-4-2-10(8-15(12)20)17-19-6-7-22-17/h2-9H,1H3. The van der Waals surface area contributed by atoms with E-state index in [1.54, 1.807) is 29.7 Å². The van der Waals surface area contributed by atoms with E-state index in [0.717, 1.165) is 21.6 Å². The van der Waals surface area contributed by atoms with Gasteiger partial charge in [-0.3, -0.25) is 4.79 Å². The second-order valence-electron chi connectivity index (χ2n) is 5.12. The van der Waals surface area contributed by atoms with Crippen molar-refractivity contribution in [1.29, 1.82) is 0 Å². The van der Waals surface area contributed by atoms with Crippen LogP contribution in [0.4, 0.5) is 4.39 Å². The highest BCUT2D eigenvalue weighted by Crippen LogP contribution is 2.26. The minimum Gasteiger partial charge on any atom is -0.343 e. The monoisotopic (exact) mass is 310 g/mol. The van der Waals surface area contributed by atoms with Crippen molar-refractivity contribution in [3.05, 3.63) is 64.0 Å². The Morgan fingerprint density at radius 2 is 1.95 bits per heavy atom. The van der Waals surface area contributed by atoms with Crippen molar-refractivity contribution >= 4 is 33.1 Å². The predicted molar refractivity (Wildman–Crippen MR) is 87.8 cm³/mol. The number of nitrogens with zero attached hydrogens (tertiary/aromatic N) is 2. The summed E-state index contributed by atoms with van der Waals surface area (Å²) >= 11 is 1.55. The number of pyridine rings is 1. The normalized spacial score (nSPS) is 11.4. The average molecular weight is 310 g/mol. The van der Waals surface area contributed by atoms with Crippen molar-refractivity contribution in [2.75, 3.05) is 0 Å². The lowest BCUT2D eigenvalue weighted by Crippen LogP contribution is -2.09. The van der Waals surface area contributed by atoms with E-state index in [0.29, 0.717) is 10.8 Å². The molecule has 5 heteroatoms. The fraction of sp³-hybridized carbons (Fsp3) is 0.0588. The first-order valence-electron chi connectivity index (χ1n) is 6.77. The van der Waals surface area contributed by atoms with Gasteiger partial charge in [0.25, 0.3) is 0 Å². The number of fused-ring (bicyclic) bond motifs is 2. The quantitative estimate of drug-likeness (QED) is 0.499. The Bertz CT molecular complexity index is 1070. The number of hydrogen-bond donors (Lipinski definition) is 0. The first-order valence-corrected chi connectivity index (χ1v) is 7.65. The van der Waals surface area contributed by atoms with Gasteiger partial charge in [-0.2, -0.15) is 0 Å². The molecule has 0 aliphatic heterocycles. The minimum absolute atomic E-state index is 0.145. The molecule has 0 radical (unpaired) electrons. The van der Waals surface area contributed by atoms with E-state index in [1.807, 2.05) is 29.1 Å². The number of aromatic nitrogens is 2. The lowest BCUT2D eigenvalue weighted by molar-refractivity contribution is 0.629. The van der Waals surface area contributed by atoms with Crippen LogP contribution in [0.25, 0.3) is 32.4 Å². The first-order chi connectivity index (χ1) is 10.6. The van der Waals surface area contributed by atoms with Crippen molar-refractivity contribution in [1.82, 2.24) is 9.55 Å². The smallest absolute Gasteiger partial charge is 0.197 e. The third-order valence-corrected chi connectivity index (χ3v) is 4.67. The van der Waals surface area contributed by atoms with Crippen LogP contribution in [0.5, 0.6) is 0 Å². The van der Waals surface area contributed by atoms with Crippen LogP contribution in [0.15, 0.2) is 52.8 Å². The summed E-state index contributed by atoms with van der Waals surface area (Å²) in [5.41, 5.74) is 2.36. The van der Waals surface area contributed by atoms with Gasteiger partial charge in [-0.05, 0) is 30.3 Å². The number of aryl methyl sites for hydroxylation is 1. The summed E-state index contributed by atoms with van der Waals surface area (Å²) < 4.78 is 15.4. The highest BCUT2D eigenvalue weighted by molar-refractivity contribution is 7.13. The molecule has 0 spiro atoms.